The third-order valence-electron chi connectivity index (χ3n) is 2.73. The fourth-order valence-corrected chi connectivity index (χ4v) is 2.99. The van der Waals surface area contributed by atoms with Gasteiger partial charge in [0.1, 0.15) is 10.7 Å². The molecule has 0 unspecified atom stereocenters. The van der Waals surface area contributed by atoms with Gasteiger partial charge in [0, 0.05) is 12.6 Å². The number of halogens is 1. The first-order valence-corrected chi connectivity index (χ1v) is 6.21. The van der Waals surface area contributed by atoms with Gasteiger partial charge in [-0.3, -0.25) is 9.78 Å². The van der Waals surface area contributed by atoms with Crippen LogP contribution in [-0.2, 0) is 6.42 Å². The molecule has 3 rings (SSSR count). The van der Waals surface area contributed by atoms with E-state index in [0.717, 1.165) is 18.5 Å². The van der Waals surface area contributed by atoms with Gasteiger partial charge in [-0.05, 0) is 25.0 Å². The van der Waals surface area contributed by atoms with E-state index in [1.165, 1.54) is 29.7 Å². The summed E-state index contributed by atoms with van der Waals surface area (Å²) in [5, 5.41) is 0.503. The summed E-state index contributed by atoms with van der Waals surface area (Å²) in [5.41, 5.74) is 1.03. The van der Waals surface area contributed by atoms with Gasteiger partial charge in [-0.15, -0.1) is 11.3 Å². The molecule has 0 spiro atoms. The van der Waals surface area contributed by atoms with Crippen LogP contribution in [0.15, 0.2) is 18.3 Å². The standard InChI is InChI=1S/C12H9FN2OS/c13-7-3-2-6-14-10(7)12-15-8-4-1-5-9(16)11(8)17-12/h2-3,6H,1,4-5H2. The lowest BCUT2D eigenvalue weighted by atomic mass is 10.0. The molecule has 0 amide bonds. The molecule has 0 saturated carbocycles. The molecule has 2 heterocycles. The molecule has 17 heavy (non-hydrogen) atoms. The molecule has 2 aromatic rings. The largest absolute Gasteiger partial charge is 0.293 e. The molecule has 0 aliphatic heterocycles. The Labute approximate surface area is 101 Å². The monoisotopic (exact) mass is 248 g/mol. The number of carbonyl (C=O) groups excluding carboxylic acids is 1. The molecule has 0 N–H and O–H groups in total. The number of hydrogen-bond donors (Lipinski definition) is 0. The molecule has 1 aliphatic rings. The average molecular weight is 248 g/mol. The first-order valence-electron chi connectivity index (χ1n) is 5.39. The lowest BCUT2D eigenvalue weighted by Gasteiger charge is -2.06. The van der Waals surface area contributed by atoms with Crippen molar-refractivity contribution >= 4 is 17.1 Å². The highest BCUT2D eigenvalue weighted by Gasteiger charge is 2.23. The number of Topliss-reactive ketones (excluding diaryl/α,β-unsaturated/α-hetero) is 1. The molecule has 3 nitrogen and oxygen atoms in total. The van der Waals surface area contributed by atoms with Gasteiger partial charge < -0.3 is 0 Å². The topological polar surface area (TPSA) is 42.9 Å². The number of ketones is 1. The van der Waals surface area contributed by atoms with Gasteiger partial charge >= 0.3 is 0 Å². The summed E-state index contributed by atoms with van der Waals surface area (Å²) in [4.78, 5) is 20.7. The Morgan fingerprint density at radius 2 is 2.24 bits per heavy atom. The van der Waals surface area contributed by atoms with Gasteiger partial charge in [0.05, 0.1) is 10.6 Å². The predicted octanol–water partition coefficient (Wildman–Crippen LogP) is 2.86. The number of nitrogens with zero attached hydrogens (tertiary/aromatic N) is 2. The minimum absolute atomic E-state index is 0.117. The molecule has 0 aromatic carbocycles. The van der Waals surface area contributed by atoms with Crippen LogP contribution in [0.1, 0.15) is 28.2 Å². The molecule has 0 fully saturated rings. The minimum atomic E-state index is -0.397. The van der Waals surface area contributed by atoms with E-state index in [1.807, 2.05) is 0 Å². The van der Waals surface area contributed by atoms with Crippen molar-refractivity contribution in [3.63, 3.8) is 0 Å². The number of thiazole rings is 1. The lowest BCUT2D eigenvalue weighted by molar-refractivity contribution is 0.0976. The van der Waals surface area contributed by atoms with E-state index in [0.29, 0.717) is 16.3 Å². The van der Waals surface area contributed by atoms with Gasteiger partial charge in [0.2, 0.25) is 0 Å². The van der Waals surface area contributed by atoms with Crippen LogP contribution < -0.4 is 0 Å². The molecule has 0 atom stereocenters. The first-order chi connectivity index (χ1) is 8.25. The van der Waals surface area contributed by atoms with E-state index in [9.17, 15) is 9.18 Å². The van der Waals surface area contributed by atoms with Crippen LogP contribution in [-0.4, -0.2) is 15.8 Å². The Morgan fingerprint density at radius 1 is 1.35 bits per heavy atom. The summed E-state index contributed by atoms with van der Waals surface area (Å²) in [6.45, 7) is 0. The van der Waals surface area contributed by atoms with Crippen LogP contribution in [0.3, 0.4) is 0 Å². The van der Waals surface area contributed by atoms with Crippen molar-refractivity contribution in [1.82, 2.24) is 9.97 Å². The van der Waals surface area contributed by atoms with Gasteiger partial charge in [0.25, 0.3) is 0 Å². The fraction of sp³-hybridized carbons (Fsp3) is 0.250. The maximum atomic E-state index is 13.6. The van der Waals surface area contributed by atoms with Crippen molar-refractivity contribution in [2.24, 2.45) is 0 Å². The molecule has 1 aliphatic carbocycles. The number of aromatic nitrogens is 2. The van der Waals surface area contributed by atoms with E-state index in [2.05, 4.69) is 9.97 Å². The second-order valence-electron chi connectivity index (χ2n) is 3.91. The highest BCUT2D eigenvalue weighted by Crippen LogP contribution is 2.32. The fourth-order valence-electron chi connectivity index (χ4n) is 1.91. The van der Waals surface area contributed by atoms with Crippen molar-refractivity contribution in [3.8, 4) is 10.7 Å². The average Bonchev–Trinajstić information content (AvgIpc) is 2.75. The maximum absolute atomic E-state index is 13.6. The van der Waals surface area contributed by atoms with Crippen LogP contribution in [0, 0.1) is 5.82 Å². The van der Waals surface area contributed by atoms with E-state index in [4.69, 9.17) is 0 Å². The number of rotatable bonds is 1. The van der Waals surface area contributed by atoms with Gasteiger partial charge in [0.15, 0.2) is 11.6 Å². The Bertz CT molecular complexity index is 594. The number of fused-ring (bicyclic) bond motifs is 1. The van der Waals surface area contributed by atoms with Crippen LogP contribution in [0.4, 0.5) is 4.39 Å². The molecule has 0 saturated heterocycles. The third-order valence-corrected chi connectivity index (χ3v) is 3.87. The predicted molar refractivity (Wildman–Crippen MR) is 62.6 cm³/mol. The van der Waals surface area contributed by atoms with Crippen LogP contribution >= 0.6 is 11.3 Å². The number of aryl methyl sites for hydroxylation is 1. The first kappa shape index (κ1) is 10.5. The number of carbonyl (C=O) groups is 1. The van der Waals surface area contributed by atoms with Gasteiger partial charge in [-0.2, -0.15) is 0 Å². The molecular formula is C12H9FN2OS. The highest BCUT2D eigenvalue weighted by molar-refractivity contribution is 7.17. The lowest BCUT2D eigenvalue weighted by Crippen LogP contribution is -2.07. The SMILES string of the molecule is O=C1CCCc2nc(-c3ncccc3F)sc21. The summed E-state index contributed by atoms with van der Waals surface area (Å²) in [6, 6.07) is 2.89. The second kappa shape index (κ2) is 4.00. The third kappa shape index (κ3) is 1.76. The zero-order valence-corrected chi connectivity index (χ0v) is 9.76. The number of hydrogen-bond acceptors (Lipinski definition) is 4. The van der Waals surface area contributed by atoms with E-state index >= 15 is 0 Å². The summed E-state index contributed by atoms with van der Waals surface area (Å²) < 4.78 is 13.6. The Kier molecular flexibility index (Phi) is 2.48. The van der Waals surface area contributed by atoms with E-state index in [1.54, 1.807) is 0 Å². The smallest absolute Gasteiger partial charge is 0.174 e. The second-order valence-corrected chi connectivity index (χ2v) is 4.90. The van der Waals surface area contributed by atoms with Gasteiger partial charge in [-0.1, -0.05) is 0 Å². The highest BCUT2D eigenvalue weighted by atomic mass is 32.1. The summed E-state index contributed by atoms with van der Waals surface area (Å²) in [7, 11) is 0. The molecule has 0 radical (unpaired) electrons. The summed E-state index contributed by atoms with van der Waals surface area (Å²) in [6.07, 6.45) is 3.73. The summed E-state index contributed by atoms with van der Waals surface area (Å²) >= 11 is 1.25. The van der Waals surface area contributed by atoms with Gasteiger partial charge in [-0.25, -0.2) is 9.37 Å². The van der Waals surface area contributed by atoms with Crippen molar-refractivity contribution in [3.05, 3.63) is 34.7 Å². The Morgan fingerprint density at radius 3 is 3.00 bits per heavy atom. The molecule has 86 valence electrons. The van der Waals surface area contributed by atoms with Crippen molar-refractivity contribution in [2.75, 3.05) is 0 Å². The van der Waals surface area contributed by atoms with Crippen LogP contribution in [0.5, 0.6) is 0 Å². The quantitative estimate of drug-likeness (QED) is 0.779. The zero-order chi connectivity index (χ0) is 11.8. The molecule has 0 bridgehead atoms. The zero-order valence-electron chi connectivity index (χ0n) is 8.94. The Hall–Kier alpha value is -1.62. The molecule has 5 heteroatoms. The van der Waals surface area contributed by atoms with Crippen molar-refractivity contribution in [1.29, 1.82) is 0 Å². The van der Waals surface area contributed by atoms with E-state index < -0.39 is 5.82 Å². The maximum Gasteiger partial charge on any atom is 0.174 e. The van der Waals surface area contributed by atoms with Crippen LogP contribution in [0.2, 0.25) is 0 Å². The number of pyridine rings is 1. The van der Waals surface area contributed by atoms with Crippen molar-refractivity contribution in [2.45, 2.75) is 19.3 Å². The Balaban J connectivity index is 2.11. The summed E-state index contributed by atoms with van der Waals surface area (Å²) in [5.74, 6) is -0.280. The normalized spacial score (nSPS) is 14.8. The molecular weight excluding hydrogens is 239 g/mol. The van der Waals surface area contributed by atoms with Crippen molar-refractivity contribution < 1.29 is 9.18 Å². The van der Waals surface area contributed by atoms with E-state index in [-0.39, 0.29) is 11.5 Å². The van der Waals surface area contributed by atoms with Crippen LogP contribution in [0.25, 0.3) is 10.7 Å². The minimum Gasteiger partial charge on any atom is -0.293 e. The molecule has 2 aromatic heterocycles.